The standard InChI is InChI=1S/C25H22N2O5/c1-2-31-25(30)27-21(28)15-32-24(29)22-18-10-6-7-11-20(18)26-23-17(12-13-19(22)23)14-16-8-4-3-5-9-16/h3-11,14H,2,12-13,15H2,1H3,(H,27,28,30). The lowest BCUT2D eigenvalue weighted by atomic mass is 10.0. The summed E-state index contributed by atoms with van der Waals surface area (Å²) in [7, 11) is 0. The fourth-order valence-electron chi connectivity index (χ4n) is 3.78. The number of nitrogens with zero attached hydrogens (tertiary/aromatic N) is 1. The normalized spacial score (nSPS) is 13.6. The maximum atomic E-state index is 13.0. The highest BCUT2D eigenvalue weighted by atomic mass is 16.6. The molecule has 0 bridgehead atoms. The lowest BCUT2D eigenvalue weighted by molar-refractivity contribution is -0.123. The second kappa shape index (κ2) is 9.43. The minimum absolute atomic E-state index is 0.132. The van der Waals surface area contributed by atoms with E-state index in [2.05, 4.69) is 10.8 Å². The Hall–Kier alpha value is -4.00. The van der Waals surface area contributed by atoms with Crippen LogP contribution in [0.3, 0.4) is 0 Å². The van der Waals surface area contributed by atoms with Gasteiger partial charge in [-0.1, -0.05) is 48.5 Å². The van der Waals surface area contributed by atoms with Crippen molar-refractivity contribution in [2.75, 3.05) is 13.2 Å². The lowest BCUT2D eigenvalue weighted by Gasteiger charge is -2.12. The molecule has 1 heterocycles. The Balaban J connectivity index is 1.65. The van der Waals surface area contributed by atoms with Crippen LogP contribution in [-0.4, -0.2) is 36.2 Å². The number of esters is 1. The summed E-state index contributed by atoms with van der Waals surface area (Å²) in [4.78, 5) is 41.1. The molecule has 2 aromatic carbocycles. The molecule has 0 saturated carbocycles. The average Bonchev–Trinajstić information content (AvgIpc) is 3.18. The van der Waals surface area contributed by atoms with Crippen LogP contribution < -0.4 is 5.32 Å². The zero-order valence-corrected chi connectivity index (χ0v) is 17.6. The van der Waals surface area contributed by atoms with Gasteiger partial charge in [-0.25, -0.2) is 14.6 Å². The number of hydrogen-bond donors (Lipinski definition) is 1. The van der Waals surface area contributed by atoms with Crippen LogP contribution in [0.5, 0.6) is 0 Å². The number of pyridine rings is 1. The van der Waals surface area contributed by atoms with Gasteiger partial charge in [0, 0.05) is 5.39 Å². The number of allylic oxidation sites excluding steroid dienone is 1. The molecule has 2 amide bonds. The maximum Gasteiger partial charge on any atom is 0.413 e. The van der Waals surface area contributed by atoms with Crippen molar-refractivity contribution >= 4 is 40.5 Å². The number of ether oxygens (including phenoxy) is 2. The fraction of sp³-hybridized carbons (Fsp3) is 0.200. The number of rotatable bonds is 5. The first-order valence-corrected chi connectivity index (χ1v) is 10.4. The Kier molecular flexibility index (Phi) is 6.26. The van der Waals surface area contributed by atoms with Gasteiger partial charge in [-0.15, -0.1) is 0 Å². The molecule has 7 heteroatoms. The van der Waals surface area contributed by atoms with Crippen LogP contribution >= 0.6 is 0 Å². The highest BCUT2D eigenvalue weighted by molar-refractivity contribution is 6.07. The summed E-state index contributed by atoms with van der Waals surface area (Å²) in [6.45, 7) is 1.17. The number of amides is 2. The summed E-state index contributed by atoms with van der Waals surface area (Å²) in [5.41, 5.74) is 4.77. The molecule has 1 aliphatic carbocycles. The van der Waals surface area contributed by atoms with Crippen molar-refractivity contribution in [3.05, 3.63) is 77.0 Å². The second-order valence-electron chi connectivity index (χ2n) is 7.26. The van der Waals surface area contributed by atoms with Gasteiger partial charge in [-0.3, -0.25) is 10.1 Å². The minimum Gasteiger partial charge on any atom is -0.452 e. The largest absolute Gasteiger partial charge is 0.452 e. The summed E-state index contributed by atoms with van der Waals surface area (Å²) >= 11 is 0. The SMILES string of the molecule is CCOC(=O)NC(=O)COC(=O)c1c2c(nc3ccccc13)C(=Cc1ccccc1)CC2. The fourth-order valence-corrected chi connectivity index (χ4v) is 3.78. The first kappa shape index (κ1) is 21.2. The van der Waals surface area contributed by atoms with Gasteiger partial charge < -0.3 is 9.47 Å². The van der Waals surface area contributed by atoms with Crippen LogP contribution in [0, 0.1) is 0 Å². The number of nitrogens with one attached hydrogen (secondary N) is 1. The first-order valence-electron chi connectivity index (χ1n) is 10.4. The number of imide groups is 1. The van der Waals surface area contributed by atoms with E-state index in [1.807, 2.05) is 59.9 Å². The highest BCUT2D eigenvalue weighted by Gasteiger charge is 2.28. The van der Waals surface area contributed by atoms with E-state index >= 15 is 0 Å². The van der Waals surface area contributed by atoms with Crippen LogP contribution in [0.4, 0.5) is 4.79 Å². The zero-order chi connectivity index (χ0) is 22.5. The summed E-state index contributed by atoms with van der Waals surface area (Å²) < 4.78 is 9.91. The summed E-state index contributed by atoms with van der Waals surface area (Å²) in [5, 5.41) is 2.68. The van der Waals surface area contributed by atoms with Gasteiger partial charge in [0.15, 0.2) is 6.61 Å². The van der Waals surface area contributed by atoms with E-state index in [1.165, 1.54) is 0 Å². The third-order valence-corrected chi connectivity index (χ3v) is 5.14. The van der Waals surface area contributed by atoms with E-state index in [4.69, 9.17) is 9.72 Å². The number of alkyl carbamates (subject to hydrolysis) is 1. The third kappa shape index (κ3) is 4.51. The lowest BCUT2D eigenvalue weighted by Crippen LogP contribution is -2.34. The monoisotopic (exact) mass is 430 g/mol. The van der Waals surface area contributed by atoms with Crippen molar-refractivity contribution in [2.24, 2.45) is 0 Å². The number of carbonyl (C=O) groups is 3. The molecule has 0 unspecified atom stereocenters. The van der Waals surface area contributed by atoms with Gasteiger partial charge in [0.1, 0.15) is 0 Å². The van der Waals surface area contributed by atoms with Crippen LogP contribution in [0.25, 0.3) is 22.6 Å². The molecule has 162 valence electrons. The number of para-hydroxylation sites is 1. The Morgan fingerprint density at radius 2 is 1.75 bits per heavy atom. The van der Waals surface area contributed by atoms with Crippen molar-refractivity contribution in [3.63, 3.8) is 0 Å². The molecule has 7 nitrogen and oxygen atoms in total. The van der Waals surface area contributed by atoms with E-state index in [0.717, 1.165) is 28.8 Å². The average molecular weight is 430 g/mol. The molecule has 1 N–H and O–H groups in total. The predicted octanol–water partition coefficient (Wildman–Crippen LogP) is 4.15. The van der Waals surface area contributed by atoms with Gasteiger partial charge in [-0.05, 0) is 48.6 Å². The molecule has 0 radical (unpaired) electrons. The molecule has 1 aromatic heterocycles. The van der Waals surface area contributed by atoms with Crippen LogP contribution in [-0.2, 0) is 20.7 Å². The quantitative estimate of drug-likeness (QED) is 0.611. The maximum absolute atomic E-state index is 13.0. The number of benzene rings is 2. The molecule has 0 atom stereocenters. The molecule has 4 rings (SSSR count). The molecule has 3 aromatic rings. The predicted molar refractivity (Wildman–Crippen MR) is 120 cm³/mol. The first-order chi connectivity index (χ1) is 15.6. The summed E-state index contributed by atoms with van der Waals surface area (Å²) in [6, 6.07) is 17.3. The Bertz CT molecular complexity index is 1220. The minimum atomic E-state index is -0.875. The van der Waals surface area contributed by atoms with Gasteiger partial charge in [0.2, 0.25) is 0 Å². The van der Waals surface area contributed by atoms with E-state index in [0.29, 0.717) is 22.9 Å². The number of hydrogen-bond acceptors (Lipinski definition) is 6. The van der Waals surface area contributed by atoms with Crippen LogP contribution in [0.15, 0.2) is 54.6 Å². The van der Waals surface area contributed by atoms with Gasteiger partial charge in [-0.2, -0.15) is 0 Å². The van der Waals surface area contributed by atoms with Gasteiger partial charge in [0.25, 0.3) is 5.91 Å². The Labute approximate surface area is 185 Å². The molecular formula is C25H22N2O5. The molecule has 32 heavy (non-hydrogen) atoms. The van der Waals surface area contributed by atoms with E-state index in [-0.39, 0.29) is 6.61 Å². The van der Waals surface area contributed by atoms with Crippen molar-refractivity contribution in [1.29, 1.82) is 0 Å². The summed E-state index contributed by atoms with van der Waals surface area (Å²) in [6.07, 6.45) is 2.59. The Morgan fingerprint density at radius 1 is 1.00 bits per heavy atom. The van der Waals surface area contributed by atoms with E-state index in [1.54, 1.807) is 6.92 Å². The van der Waals surface area contributed by atoms with Crippen molar-refractivity contribution in [2.45, 2.75) is 19.8 Å². The highest BCUT2D eigenvalue weighted by Crippen LogP contribution is 2.37. The second-order valence-corrected chi connectivity index (χ2v) is 7.26. The van der Waals surface area contributed by atoms with Crippen molar-refractivity contribution in [3.8, 4) is 0 Å². The van der Waals surface area contributed by atoms with Gasteiger partial charge >= 0.3 is 12.1 Å². The van der Waals surface area contributed by atoms with Crippen molar-refractivity contribution < 1.29 is 23.9 Å². The molecular weight excluding hydrogens is 408 g/mol. The molecule has 1 aliphatic rings. The number of aromatic nitrogens is 1. The third-order valence-electron chi connectivity index (χ3n) is 5.14. The molecule has 0 saturated heterocycles. The van der Waals surface area contributed by atoms with Crippen LogP contribution in [0.1, 0.15) is 40.5 Å². The smallest absolute Gasteiger partial charge is 0.413 e. The van der Waals surface area contributed by atoms with E-state index < -0.39 is 24.6 Å². The molecule has 0 spiro atoms. The Morgan fingerprint density at radius 3 is 2.53 bits per heavy atom. The van der Waals surface area contributed by atoms with E-state index in [9.17, 15) is 14.4 Å². The summed E-state index contributed by atoms with van der Waals surface area (Å²) in [5.74, 6) is -1.38. The zero-order valence-electron chi connectivity index (χ0n) is 17.6. The number of carbonyl (C=O) groups excluding carboxylic acids is 3. The molecule has 0 fully saturated rings. The van der Waals surface area contributed by atoms with Crippen molar-refractivity contribution in [1.82, 2.24) is 10.3 Å². The molecule has 0 aliphatic heterocycles. The van der Waals surface area contributed by atoms with Gasteiger partial charge in [0.05, 0.1) is 23.4 Å². The van der Waals surface area contributed by atoms with Crippen LogP contribution in [0.2, 0.25) is 0 Å². The number of fused-ring (bicyclic) bond motifs is 2. The topological polar surface area (TPSA) is 94.6 Å².